The Morgan fingerprint density at radius 1 is 1.41 bits per heavy atom. The van der Waals surface area contributed by atoms with E-state index in [0.717, 1.165) is 44.9 Å². The minimum atomic E-state index is 0.0693. The Balaban J connectivity index is 1.54. The maximum atomic E-state index is 5.89. The average Bonchev–Trinajstić information content (AvgIpc) is 2.74. The zero-order valence-electron chi connectivity index (χ0n) is 10.3. The van der Waals surface area contributed by atoms with Crippen molar-refractivity contribution in [3.63, 3.8) is 0 Å². The molecule has 1 fully saturated rings. The number of benzene rings is 1. The summed E-state index contributed by atoms with van der Waals surface area (Å²) in [7, 11) is 0. The molecule has 3 heteroatoms. The monoisotopic (exact) mass is 233 g/mol. The van der Waals surface area contributed by atoms with Crippen LogP contribution in [0, 0.1) is 0 Å². The smallest absolute Gasteiger partial charge is 0.122 e. The molecule has 0 amide bonds. The summed E-state index contributed by atoms with van der Waals surface area (Å²) in [5, 5.41) is 3.24. The highest BCUT2D eigenvalue weighted by atomic mass is 16.5. The summed E-state index contributed by atoms with van der Waals surface area (Å²) in [5.41, 5.74) is 2.77. The standard InChI is InChI=1S/C14H19NO2/c1-14(9-15-10-14)17-7-4-11-2-3-13-12(8-11)5-6-16-13/h2-3,8,15H,4-7,9-10H2,1H3. The molecule has 3 rings (SSSR count). The van der Waals surface area contributed by atoms with Crippen LogP contribution in [-0.4, -0.2) is 31.9 Å². The Bertz CT molecular complexity index is 413. The van der Waals surface area contributed by atoms with Crippen LogP contribution in [0.1, 0.15) is 18.1 Å². The summed E-state index contributed by atoms with van der Waals surface area (Å²) in [6.07, 6.45) is 2.04. The van der Waals surface area contributed by atoms with E-state index < -0.39 is 0 Å². The highest BCUT2D eigenvalue weighted by Crippen LogP contribution is 2.26. The van der Waals surface area contributed by atoms with Crippen LogP contribution in [0.3, 0.4) is 0 Å². The molecule has 1 N–H and O–H groups in total. The predicted molar refractivity (Wildman–Crippen MR) is 66.6 cm³/mol. The summed E-state index contributed by atoms with van der Waals surface area (Å²) >= 11 is 0. The van der Waals surface area contributed by atoms with Crippen molar-refractivity contribution in [2.24, 2.45) is 0 Å². The maximum Gasteiger partial charge on any atom is 0.122 e. The van der Waals surface area contributed by atoms with Gasteiger partial charge < -0.3 is 14.8 Å². The van der Waals surface area contributed by atoms with Crippen molar-refractivity contribution in [1.82, 2.24) is 5.32 Å². The van der Waals surface area contributed by atoms with Gasteiger partial charge in [-0.05, 0) is 30.5 Å². The lowest BCUT2D eigenvalue weighted by Crippen LogP contribution is -2.59. The molecule has 3 nitrogen and oxygen atoms in total. The molecule has 0 atom stereocenters. The number of hydrogen-bond donors (Lipinski definition) is 1. The van der Waals surface area contributed by atoms with Gasteiger partial charge in [0.15, 0.2) is 0 Å². The zero-order valence-corrected chi connectivity index (χ0v) is 10.3. The Kier molecular flexibility index (Phi) is 2.81. The topological polar surface area (TPSA) is 30.5 Å². The average molecular weight is 233 g/mol. The van der Waals surface area contributed by atoms with Crippen molar-refractivity contribution < 1.29 is 9.47 Å². The number of hydrogen-bond acceptors (Lipinski definition) is 3. The highest BCUT2D eigenvalue weighted by molar-refractivity contribution is 5.39. The van der Waals surface area contributed by atoms with Crippen LogP contribution in [-0.2, 0) is 17.6 Å². The van der Waals surface area contributed by atoms with Gasteiger partial charge in [-0.2, -0.15) is 0 Å². The summed E-state index contributed by atoms with van der Waals surface area (Å²) in [6, 6.07) is 6.49. The lowest BCUT2D eigenvalue weighted by Gasteiger charge is -2.39. The first kappa shape index (κ1) is 11.1. The first-order valence-electron chi connectivity index (χ1n) is 6.34. The Morgan fingerprint density at radius 3 is 3.06 bits per heavy atom. The van der Waals surface area contributed by atoms with Crippen LogP contribution in [0.4, 0.5) is 0 Å². The van der Waals surface area contributed by atoms with Gasteiger partial charge in [-0.3, -0.25) is 0 Å². The molecule has 0 bridgehead atoms. The predicted octanol–water partition coefficient (Wildman–Crippen LogP) is 1.54. The van der Waals surface area contributed by atoms with E-state index >= 15 is 0 Å². The first-order valence-corrected chi connectivity index (χ1v) is 6.34. The van der Waals surface area contributed by atoms with E-state index in [1.807, 2.05) is 0 Å². The van der Waals surface area contributed by atoms with Crippen molar-refractivity contribution in [3.8, 4) is 5.75 Å². The third-order valence-electron chi connectivity index (χ3n) is 3.59. The molecule has 0 aromatic heterocycles. The lowest BCUT2D eigenvalue weighted by atomic mass is 10.00. The molecule has 1 aromatic carbocycles. The SMILES string of the molecule is CC1(OCCc2ccc3c(c2)CCO3)CNC1. The van der Waals surface area contributed by atoms with E-state index in [1.54, 1.807) is 0 Å². The molecular formula is C14H19NO2. The number of ether oxygens (including phenoxy) is 2. The second-order valence-electron chi connectivity index (χ2n) is 5.19. The Morgan fingerprint density at radius 2 is 2.29 bits per heavy atom. The van der Waals surface area contributed by atoms with Gasteiger partial charge in [-0.15, -0.1) is 0 Å². The molecule has 0 unspecified atom stereocenters. The molecule has 17 heavy (non-hydrogen) atoms. The zero-order chi connectivity index (χ0) is 11.7. The first-order chi connectivity index (χ1) is 8.25. The van der Waals surface area contributed by atoms with Gasteiger partial charge in [0.25, 0.3) is 0 Å². The number of nitrogens with one attached hydrogen (secondary N) is 1. The molecule has 2 heterocycles. The molecule has 92 valence electrons. The number of rotatable bonds is 4. The van der Waals surface area contributed by atoms with Crippen molar-refractivity contribution in [2.45, 2.75) is 25.4 Å². The largest absolute Gasteiger partial charge is 0.493 e. The van der Waals surface area contributed by atoms with E-state index in [2.05, 4.69) is 30.4 Å². The molecule has 2 aliphatic heterocycles. The van der Waals surface area contributed by atoms with Crippen molar-refractivity contribution >= 4 is 0 Å². The van der Waals surface area contributed by atoms with E-state index in [-0.39, 0.29) is 5.60 Å². The van der Waals surface area contributed by atoms with Crippen LogP contribution in [0.5, 0.6) is 5.75 Å². The van der Waals surface area contributed by atoms with Gasteiger partial charge in [-0.25, -0.2) is 0 Å². The molecule has 1 aromatic rings. The second kappa shape index (κ2) is 4.31. The van der Waals surface area contributed by atoms with Crippen molar-refractivity contribution in [2.75, 3.05) is 26.3 Å². The molecule has 0 spiro atoms. The normalized spacial score (nSPS) is 20.5. The van der Waals surface area contributed by atoms with Gasteiger partial charge in [0, 0.05) is 19.5 Å². The fourth-order valence-corrected chi connectivity index (χ4v) is 2.39. The summed E-state index contributed by atoms with van der Waals surface area (Å²) in [4.78, 5) is 0. The maximum absolute atomic E-state index is 5.89. The molecule has 0 radical (unpaired) electrons. The van der Waals surface area contributed by atoms with E-state index in [0.29, 0.717) is 0 Å². The minimum absolute atomic E-state index is 0.0693. The fraction of sp³-hybridized carbons (Fsp3) is 0.571. The Hall–Kier alpha value is -1.06. The third kappa shape index (κ3) is 2.31. The molecule has 0 saturated carbocycles. The van der Waals surface area contributed by atoms with Crippen LogP contribution in [0.2, 0.25) is 0 Å². The van der Waals surface area contributed by atoms with E-state index in [9.17, 15) is 0 Å². The molecule has 2 aliphatic rings. The van der Waals surface area contributed by atoms with Gasteiger partial charge in [0.1, 0.15) is 5.75 Å². The minimum Gasteiger partial charge on any atom is -0.493 e. The number of fused-ring (bicyclic) bond motifs is 1. The van der Waals surface area contributed by atoms with Crippen molar-refractivity contribution in [3.05, 3.63) is 29.3 Å². The highest BCUT2D eigenvalue weighted by Gasteiger charge is 2.32. The fourth-order valence-electron chi connectivity index (χ4n) is 2.39. The van der Waals surface area contributed by atoms with E-state index in [4.69, 9.17) is 9.47 Å². The second-order valence-corrected chi connectivity index (χ2v) is 5.19. The van der Waals surface area contributed by atoms with Gasteiger partial charge in [0.2, 0.25) is 0 Å². The lowest BCUT2D eigenvalue weighted by molar-refractivity contribution is -0.0652. The van der Waals surface area contributed by atoms with Crippen molar-refractivity contribution in [1.29, 1.82) is 0 Å². The quantitative estimate of drug-likeness (QED) is 0.855. The Labute approximate surface area is 102 Å². The third-order valence-corrected chi connectivity index (χ3v) is 3.59. The van der Waals surface area contributed by atoms with E-state index in [1.165, 1.54) is 11.1 Å². The van der Waals surface area contributed by atoms with Crippen LogP contribution < -0.4 is 10.1 Å². The van der Waals surface area contributed by atoms with Gasteiger partial charge >= 0.3 is 0 Å². The summed E-state index contributed by atoms with van der Waals surface area (Å²) < 4.78 is 11.4. The van der Waals surface area contributed by atoms with Crippen LogP contribution in [0.15, 0.2) is 18.2 Å². The van der Waals surface area contributed by atoms with Gasteiger partial charge in [-0.1, -0.05) is 12.1 Å². The summed E-state index contributed by atoms with van der Waals surface area (Å²) in [5.74, 6) is 1.06. The summed E-state index contributed by atoms with van der Waals surface area (Å²) in [6.45, 7) is 5.76. The van der Waals surface area contributed by atoms with Crippen LogP contribution >= 0.6 is 0 Å². The molecular weight excluding hydrogens is 214 g/mol. The molecule has 0 aliphatic carbocycles. The van der Waals surface area contributed by atoms with Crippen LogP contribution in [0.25, 0.3) is 0 Å². The molecule has 1 saturated heterocycles. The van der Waals surface area contributed by atoms with Gasteiger partial charge in [0.05, 0.1) is 18.8 Å².